The zero-order chi connectivity index (χ0) is 14.1. The number of rotatable bonds is 4. The number of fused-ring (bicyclic) bond motifs is 1. The summed E-state index contributed by atoms with van der Waals surface area (Å²) in [6.07, 6.45) is 4.22. The number of hydrogen-bond donors (Lipinski definition) is 1. The van der Waals surface area contributed by atoms with Crippen LogP contribution in [-0.4, -0.2) is 11.5 Å². The Morgan fingerprint density at radius 1 is 1.50 bits per heavy atom. The highest BCUT2D eigenvalue weighted by atomic mass is 79.9. The maximum atomic E-state index is 4.64. The van der Waals surface area contributed by atoms with Crippen LogP contribution in [0.1, 0.15) is 42.1 Å². The van der Waals surface area contributed by atoms with E-state index in [1.54, 1.807) is 11.3 Å². The first kappa shape index (κ1) is 14.7. The summed E-state index contributed by atoms with van der Waals surface area (Å²) in [6, 6.07) is 6.81. The van der Waals surface area contributed by atoms with Crippen LogP contribution in [0.5, 0.6) is 0 Å². The quantitative estimate of drug-likeness (QED) is 0.755. The lowest BCUT2D eigenvalue weighted by atomic mass is 9.92. The van der Waals surface area contributed by atoms with Crippen LogP contribution in [0.15, 0.2) is 32.0 Å². The van der Waals surface area contributed by atoms with E-state index in [0.29, 0.717) is 12.0 Å². The molecule has 1 N–H and O–H groups in total. The van der Waals surface area contributed by atoms with Gasteiger partial charge in [-0.15, -0.1) is 11.3 Å². The summed E-state index contributed by atoms with van der Waals surface area (Å²) in [7, 11) is 0. The molecular weight excluding hydrogens is 400 g/mol. The lowest BCUT2D eigenvalue weighted by Crippen LogP contribution is -2.26. The van der Waals surface area contributed by atoms with Gasteiger partial charge < -0.3 is 5.32 Å². The summed E-state index contributed by atoms with van der Waals surface area (Å²) in [6.45, 7) is 3.12. The van der Waals surface area contributed by atoms with Gasteiger partial charge in [-0.05, 0) is 74.5 Å². The number of nitrogens with zero attached hydrogens (tertiary/aromatic N) is 1. The predicted molar refractivity (Wildman–Crippen MR) is 91.4 cm³/mol. The van der Waals surface area contributed by atoms with Crippen molar-refractivity contribution in [3.05, 3.63) is 48.8 Å². The zero-order valence-electron chi connectivity index (χ0n) is 11.2. The summed E-state index contributed by atoms with van der Waals surface area (Å²) < 4.78 is 2.38. The Morgan fingerprint density at radius 3 is 3.05 bits per heavy atom. The Hall–Kier alpha value is -0.230. The highest BCUT2D eigenvalue weighted by molar-refractivity contribution is 9.12. The van der Waals surface area contributed by atoms with Gasteiger partial charge in [0.05, 0.1) is 7.57 Å². The van der Waals surface area contributed by atoms with Crippen molar-refractivity contribution in [3.63, 3.8) is 0 Å². The average molecular weight is 416 g/mol. The maximum Gasteiger partial charge on any atom is 0.0758 e. The van der Waals surface area contributed by atoms with Crippen molar-refractivity contribution in [2.24, 2.45) is 0 Å². The molecule has 1 aliphatic carbocycles. The summed E-state index contributed by atoms with van der Waals surface area (Å²) >= 11 is 9.03. The number of aromatic nitrogens is 1. The molecule has 0 aromatic carbocycles. The minimum Gasteiger partial charge on any atom is -0.310 e. The van der Waals surface area contributed by atoms with E-state index in [4.69, 9.17) is 0 Å². The number of aryl methyl sites for hydroxylation is 1. The van der Waals surface area contributed by atoms with Crippen molar-refractivity contribution in [2.45, 2.75) is 31.7 Å². The Bertz CT molecular complexity index is 612. The predicted octanol–water partition coefficient (Wildman–Crippen LogP) is 5.05. The number of halogens is 2. The number of hydrogen-bond acceptors (Lipinski definition) is 3. The van der Waals surface area contributed by atoms with Crippen LogP contribution < -0.4 is 5.32 Å². The second-order valence-electron chi connectivity index (χ2n) is 5.01. The zero-order valence-corrected chi connectivity index (χ0v) is 15.2. The molecule has 2 aromatic heterocycles. The van der Waals surface area contributed by atoms with Crippen molar-refractivity contribution in [3.8, 4) is 0 Å². The van der Waals surface area contributed by atoms with Gasteiger partial charge in [-0.3, -0.25) is 4.98 Å². The van der Waals surface area contributed by atoms with Crippen molar-refractivity contribution < 1.29 is 0 Å². The van der Waals surface area contributed by atoms with Crippen molar-refractivity contribution in [2.75, 3.05) is 6.54 Å². The first-order chi connectivity index (χ1) is 9.70. The Kier molecular flexibility index (Phi) is 4.60. The average Bonchev–Trinajstić information content (AvgIpc) is 3.00. The maximum absolute atomic E-state index is 4.64. The van der Waals surface area contributed by atoms with Crippen molar-refractivity contribution >= 4 is 43.2 Å². The molecule has 0 saturated carbocycles. The molecule has 0 saturated heterocycles. The molecule has 3 rings (SSSR count). The molecule has 20 heavy (non-hydrogen) atoms. The number of thiophene rings is 1. The summed E-state index contributed by atoms with van der Waals surface area (Å²) in [5.74, 6) is 0.462. The molecule has 0 spiro atoms. The molecule has 2 unspecified atom stereocenters. The van der Waals surface area contributed by atoms with E-state index in [9.17, 15) is 0 Å². The highest BCUT2D eigenvalue weighted by Crippen LogP contribution is 2.45. The molecule has 5 heteroatoms. The molecule has 0 fully saturated rings. The largest absolute Gasteiger partial charge is 0.310 e. The standard InChI is InChI=1S/C15H16Br2N2S/c1-2-18-14(11-8-12(16)20-15(11)17)10-6-5-9-4-3-7-19-13(9)10/h3-4,7-8,10,14,18H,2,5-6H2,1H3. The molecule has 0 aliphatic heterocycles. The molecule has 0 radical (unpaired) electrons. The van der Waals surface area contributed by atoms with Crippen molar-refractivity contribution in [1.82, 2.24) is 10.3 Å². The first-order valence-corrected chi connectivity index (χ1v) is 9.23. The normalized spacial score (nSPS) is 19.1. The third-order valence-corrected chi connectivity index (χ3v) is 6.23. The minimum absolute atomic E-state index is 0.327. The molecule has 2 aromatic rings. The lowest BCUT2D eigenvalue weighted by Gasteiger charge is -2.24. The molecule has 0 amide bonds. The molecule has 1 aliphatic rings. The second kappa shape index (κ2) is 6.26. The minimum atomic E-state index is 0.327. The van der Waals surface area contributed by atoms with Crippen molar-refractivity contribution in [1.29, 1.82) is 0 Å². The van der Waals surface area contributed by atoms with Gasteiger partial charge in [0.1, 0.15) is 0 Å². The smallest absolute Gasteiger partial charge is 0.0758 e. The topological polar surface area (TPSA) is 24.9 Å². The van der Waals surface area contributed by atoms with Crippen LogP contribution in [-0.2, 0) is 6.42 Å². The van der Waals surface area contributed by atoms with Crippen LogP contribution in [0, 0.1) is 0 Å². The van der Waals surface area contributed by atoms with Gasteiger partial charge in [-0.2, -0.15) is 0 Å². The molecular formula is C15H16Br2N2S. The Balaban J connectivity index is 1.98. The van der Waals surface area contributed by atoms with Crippen LogP contribution in [0.2, 0.25) is 0 Å². The lowest BCUT2D eigenvalue weighted by molar-refractivity contribution is 0.447. The molecule has 2 heterocycles. The molecule has 106 valence electrons. The van der Waals surface area contributed by atoms with Crippen LogP contribution >= 0.6 is 43.2 Å². The summed E-state index contributed by atoms with van der Waals surface area (Å²) in [5, 5.41) is 3.65. The highest BCUT2D eigenvalue weighted by Gasteiger charge is 2.33. The third-order valence-electron chi connectivity index (χ3n) is 3.85. The molecule has 2 nitrogen and oxygen atoms in total. The third kappa shape index (κ3) is 2.73. The van der Waals surface area contributed by atoms with Gasteiger partial charge >= 0.3 is 0 Å². The SMILES string of the molecule is CCNC(c1cc(Br)sc1Br)C1CCc2cccnc21. The van der Waals surface area contributed by atoms with E-state index in [-0.39, 0.29) is 0 Å². The summed E-state index contributed by atoms with van der Waals surface area (Å²) in [4.78, 5) is 4.64. The fraction of sp³-hybridized carbons (Fsp3) is 0.400. The van der Waals surface area contributed by atoms with E-state index in [1.807, 2.05) is 12.3 Å². The van der Waals surface area contributed by atoms with E-state index in [0.717, 1.165) is 13.0 Å². The van der Waals surface area contributed by atoms with Gasteiger partial charge in [-0.25, -0.2) is 0 Å². The van der Waals surface area contributed by atoms with Gasteiger partial charge in [-0.1, -0.05) is 13.0 Å². The van der Waals surface area contributed by atoms with Crippen LogP contribution in [0.3, 0.4) is 0 Å². The first-order valence-electron chi connectivity index (χ1n) is 6.82. The molecule has 2 atom stereocenters. The monoisotopic (exact) mass is 414 g/mol. The van der Waals surface area contributed by atoms with Gasteiger partial charge in [0.2, 0.25) is 0 Å². The number of pyridine rings is 1. The molecule has 0 bridgehead atoms. The Labute approximate surface area is 140 Å². The van der Waals surface area contributed by atoms with E-state index >= 15 is 0 Å². The van der Waals surface area contributed by atoms with Gasteiger partial charge in [0.25, 0.3) is 0 Å². The van der Waals surface area contributed by atoms with E-state index in [2.05, 4.69) is 61.2 Å². The fourth-order valence-corrected chi connectivity index (χ4v) is 5.95. The summed E-state index contributed by atoms with van der Waals surface area (Å²) in [5.41, 5.74) is 4.02. The second-order valence-corrected chi connectivity index (χ2v) is 8.76. The fourth-order valence-electron chi connectivity index (χ4n) is 3.02. The van der Waals surface area contributed by atoms with E-state index < -0.39 is 0 Å². The number of nitrogens with one attached hydrogen (secondary N) is 1. The number of likely N-dealkylation sites (N-methyl/N-ethyl adjacent to an activating group) is 1. The van der Waals surface area contributed by atoms with Gasteiger partial charge in [0, 0.05) is 23.9 Å². The van der Waals surface area contributed by atoms with E-state index in [1.165, 1.54) is 30.8 Å². The van der Waals surface area contributed by atoms with Crippen LogP contribution in [0.25, 0.3) is 0 Å². The van der Waals surface area contributed by atoms with Gasteiger partial charge in [0.15, 0.2) is 0 Å². The van der Waals surface area contributed by atoms with Crippen LogP contribution in [0.4, 0.5) is 0 Å². The Morgan fingerprint density at radius 2 is 2.35 bits per heavy atom.